The van der Waals surface area contributed by atoms with Crippen LogP contribution in [0.4, 0.5) is 0 Å². The topological polar surface area (TPSA) is 116 Å². The van der Waals surface area contributed by atoms with Crippen LogP contribution in [0.15, 0.2) is 47.6 Å². The molecule has 0 amide bonds. The molecular weight excluding hydrogens is 574 g/mol. The zero-order chi connectivity index (χ0) is 33.1. The van der Waals surface area contributed by atoms with Gasteiger partial charge in [-0.05, 0) is 67.3 Å². The lowest BCUT2D eigenvalue weighted by Gasteiger charge is -2.33. The normalized spacial score (nSPS) is 19.4. The van der Waals surface area contributed by atoms with Crippen LogP contribution in [0.2, 0.25) is 0 Å². The molecule has 0 saturated heterocycles. The van der Waals surface area contributed by atoms with E-state index in [1.54, 1.807) is 24.8 Å². The van der Waals surface area contributed by atoms with E-state index in [1.807, 2.05) is 6.20 Å². The highest BCUT2D eigenvalue weighted by molar-refractivity contribution is 6.13. The molecule has 5 rings (SSSR count). The van der Waals surface area contributed by atoms with Gasteiger partial charge in [-0.15, -0.1) is 0 Å². The second kappa shape index (κ2) is 13.9. The first-order chi connectivity index (χ1) is 21.8. The van der Waals surface area contributed by atoms with Gasteiger partial charge in [-0.1, -0.05) is 47.6 Å². The van der Waals surface area contributed by atoms with Crippen molar-refractivity contribution in [2.45, 2.75) is 105 Å². The summed E-state index contributed by atoms with van der Waals surface area (Å²) in [6.45, 7) is 16.0. The van der Waals surface area contributed by atoms with Crippen LogP contribution >= 0.6 is 0 Å². The maximum absolute atomic E-state index is 13.9. The highest BCUT2D eigenvalue weighted by Gasteiger charge is 2.35. The second-order valence-electron chi connectivity index (χ2n) is 15.1. The Labute approximate surface area is 273 Å². The van der Waals surface area contributed by atoms with Gasteiger partial charge in [0.2, 0.25) is 0 Å². The zero-order valence-corrected chi connectivity index (χ0v) is 28.8. The number of hydrogen-bond acceptors (Lipinski definition) is 9. The first-order valence-electron chi connectivity index (χ1n) is 16.6. The number of allylic oxidation sites excluding steroid dienone is 1. The molecule has 4 heterocycles. The first kappa shape index (κ1) is 33.5. The molecule has 1 fully saturated rings. The molecule has 9 heteroatoms. The minimum atomic E-state index is -0.263. The number of ketones is 1. The molecule has 0 aromatic carbocycles. The first-order valence-corrected chi connectivity index (χ1v) is 16.6. The van der Waals surface area contributed by atoms with Crippen LogP contribution in [0.25, 0.3) is 11.3 Å². The molecule has 244 valence electrons. The maximum Gasteiger partial charge on any atom is 0.316 e. The van der Waals surface area contributed by atoms with E-state index in [2.05, 4.69) is 69.5 Å². The summed E-state index contributed by atoms with van der Waals surface area (Å²) in [5, 5.41) is 0. The summed E-state index contributed by atoms with van der Waals surface area (Å²) >= 11 is 0. The van der Waals surface area contributed by atoms with E-state index in [4.69, 9.17) is 24.7 Å². The number of carbonyl (C=O) groups is 1. The third-order valence-electron chi connectivity index (χ3n) is 9.29. The molecular formula is C37H49N7O2. The molecule has 1 aliphatic heterocycles. The summed E-state index contributed by atoms with van der Waals surface area (Å²) in [6.07, 6.45) is 17.2. The van der Waals surface area contributed by atoms with E-state index < -0.39 is 0 Å². The molecule has 1 atom stereocenters. The molecule has 1 unspecified atom stereocenters. The van der Waals surface area contributed by atoms with E-state index in [0.29, 0.717) is 30.6 Å². The fraction of sp³-hybridized carbons (Fsp3) is 0.568. The van der Waals surface area contributed by atoms with Crippen LogP contribution in [0.1, 0.15) is 116 Å². The summed E-state index contributed by atoms with van der Waals surface area (Å²) < 4.78 is 5.07. The number of nitrogens with zero attached hydrogens (tertiary/aromatic N) is 7. The van der Waals surface area contributed by atoms with E-state index in [1.165, 1.54) is 12.7 Å². The van der Waals surface area contributed by atoms with Crippen molar-refractivity contribution >= 4 is 11.5 Å². The van der Waals surface area contributed by atoms with E-state index in [-0.39, 0.29) is 28.4 Å². The molecule has 9 nitrogen and oxygen atoms in total. The predicted octanol–water partition coefficient (Wildman–Crippen LogP) is 7.31. The highest BCUT2D eigenvalue weighted by Crippen LogP contribution is 2.40. The van der Waals surface area contributed by atoms with Crippen LogP contribution < -0.4 is 4.74 Å². The molecule has 0 bridgehead atoms. The fourth-order valence-electron chi connectivity index (χ4n) is 6.51. The van der Waals surface area contributed by atoms with Gasteiger partial charge in [0.1, 0.15) is 11.6 Å². The van der Waals surface area contributed by atoms with Gasteiger partial charge < -0.3 is 4.74 Å². The summed E-state index contributed by atoms with van der Waals surface area (Å²) in [4.78, 5) is 46.4. The Hall–Kier alpha value is -3.88. The molecule has 46 heavy (non-hydrogen) atoms. The van der Waals surface area contributed by atoms with Gasteiger partial charge in [0.05, 0.1) is 48.6 Å². The summed E-state index contributed by atoms with van der Waals surface area (Å²) in [6, 6.07) is 0.304. The van der Waals surface area contributed by atoms with Gasteiger partial charge in [0.15, 0.2) is 0 Å². The van der Waals surface area contributed by atoms with Gasteiger partial charge >= 0.3 is 6.01 Å². The van der Waals surface area contributed by atoms with E-state index >= 15 is 0 Å². The minimum Gasteiger partial charge on any atom is -0.467 e. The van der Waals surface area contributed by atoms with Gasteiger partial charge in [-0.2, -0.15) is 0 Å². The van der Waals surface area contributed by atoms with Crippen LogP contribution in [0, 0.1) is 17.3 Å². The molecule has 0 N–H and O–H groups in total. The number of Topliss-reactive ketones (excluding diaryl/α,β-unsaturated/α-hetero) is 1. The average molecular weight is 624 g/mol. The van der Waals surface area contributed by atoms with E-state index in [0.717, 1.165) is 72.6 Å². The molecule has 1 saturated carbocycles. The van der Waals surface area contributed by atoms with Crippen molar-refractivity contribution in [1.82, 2.24) is 29.9 Å². The van der Waals surface area contributed by atoms with Crippen molar-refractivity contribution in [3.63, 3.8) is 0 Å². The van der Waals surface area contributed by atoms with Crippen molar-refractivity contribution in [3.8, 4) is 17.3 Å². The Morgan fingerprint density at radius 2 is 1.63 bits per heavy atom. The summed E-state index contributed by atoms with van der Waals surface area (Å²) in [5.74, 6) is 1.59. The largest absolute Gasteiger partial charge is 0.467 e. The second-order valence-corrected chi connectivity index (χ2v) is 15.1. The van der Waals surface area contributed by atoms with Crippen molar-refractivity contribution < 1.29 is 9.53 Å². The monoisotopic (exact) mass is 623 g/mol. The lowest BCUT2D eigenvalue weighted by Crippen LogP contribution is -2.28. The summed E-state index contributed by atoms with van der Waals surface area (Å²) in [5.41, 5.74) is 6.49. The molecule has 3 aromatic heterocycles. The standard InChI is InChI=1S/C37H49N7O2/c1-23-14-16-38-33(23)34-27(37(5,6)7)20-41-31(44-34)17-24-9-11-25(12-10-24)32(30(45)13-15-36(2,3)4)29-22-39-28(21-40-29)26-18-42-35(46-8)43-19-26/h14,18-22,24-25,32H,9-13,15-17H2,1-8H3. The Morgan fingerprint density at radius 1 is 0.913 bits per heavy atom. The van der Waals surface area contributed by atoms with Gasteiger partial charge in [-0.25, -0.2) is 19.9 Å². The molecule has 3 aromatic rings. The summed E-state index contributed by atoms with van der Waals surface area (Å²) in [7, 11) is 1.53. The van der Waals surface area contributed by atoms with E-state index in [9.17, 15) is 4.79 Å². The average Bonchev–Trinajstić information content (AvgIpc) is 3.46. The zero-order valence-electron chi connectivity index (χ0n) is 28.8. The van der Waals surface area contributed by atoms with Crippen LogP contribution in [-0.2, 0) is 16.6 Å². The van der Waals surface area contributed by atoms with Crippen LogP contribution in [0.3, 0.4) is 0 Å². The van der Waals surface area contributed by atoms with Gasteiger partial charge in [0.25, 0.3) is 0 Å². The SMILES string of the molecule is COc1ncc(-c2cnc(C(C(=O)CCC(C)(C)C)C3CCC(Cc4ncc(C(C)(C)C)c(C5=NCC=C5C)n4)CC3)cn2)cn1. The molecule has 0 radical (unpaired) electrons. The fourth-order valence-corrected chi connectivity index (χ4v) is 6.51. The Morgan fingerprint density at radius 3 is 2.20 bits per heavy atom. The van der Waals surface area contributed by atoms with Crippen molar-refractivity contribution in [2.24, 2.45) is 22.2 Å². The smallest absolute Gasteiger partial charge is 0.316 e. The minimum absolute atomic E-state index is 0.0740. The van der Waals surface area contributed by atoms with Crippen LogP contribution in [-0.4, -0.2) is 55.1 Å². The Bertz CT molecular complexity index is 1570. The third kappa shape index (κ3) is 8.09. The molecule has 2 aliphatic rings. The van der Waals surface area contributed by atoms with Crippen LogP contribution in [0.5, 0.6) is 6.01 Å². The Kier molecular flexibility index (Phi) is 10.1. The number of hydrogen-bond donors (Lipinski definition) is 0. The van der Waals surface area contributed by atoms with Crippen molar-refractivity contribution in [2.75, 3.05) is 13.7 Å². The number of rotatable bonds is 10. The number of aliphatic imine (C=N–C) groups is 1. The quantitative estimate of drug-likeness (QED) is 0.231. The Balaban J connectivity index is 1.31. The van der Waals surface area contributed by atoms with Crippen molar-refractivity contribution in [3.05, 3.63) is 65.4 Å². The lowest BCUT2D eigenvalue weighted by atomic mass is 9.71. The number of ether oxygens (including phenoxy) is 1. The van der Waals surface area contributed by atoms with Crippen molar-refractivity contribution in [1.29, 1.82) is 0 Å². The predicted molar refractivity (Wildman–Crippen MR) is 181 cm³/mol. The lowest BCUT2D eigenvalue weighted by molar-refractivity contribution is -0.122. The molecule has 0 spiro atoms. The van der Waals surface area contributed by atoms with Gasteiger partial charge in [0, 0.05) is 48.8 Å². The number of aromatic nitrogens is 6. The third-order valence-corrected chi connectivity index (χ3v) is 9.29. The van der Waals surface area contributed by atoms with Gasteiger partial charge in [-0.3, -0.25) is 19.8 Å². The maximum atomic E-state index is 13.9. The number of carbonyl (C=O) groups excluding carboxylic acids is 1. The highest BCUT2D eigenvalue weighted by atomic mass is 16.5. The molecule has 1 aliphatic carbocycles. The number of methoxy groups -OCH3 is 1.